The first-order valence-electron chi connectivity index (χ1n) is 7.00. The summed E-state index contributed by atoms with van der Waals surface area (Å²) in [6.45, 7) is 5.74. The van der Waals surface area contributed by atoms with Crippen molar-refractivity contribution in [1.82, 2.24) is 5.32 Å². The molecule has 2 atom stereocenters. The van der Waals surface area contributed by atoms with Crippen LogP contribution in [-0.2, 0) is 14.6 Å². The molecule has 1 rings (SSSR count). The Balaban J connectivity index is 2.56. The molecule has 4 nitrogen and oxygen atoms in total. The second-order valence-electron chi connectivity index (χ2n) is 5.24. The molecule has 1 fully saturated rings. The predicted octanol–water partition coefficient (Wildman–Crippen LogP) is 1.60. The SMILES string of the molecule is CCCNC(CCS(C)(=O)=O)C(OCC)C1CC1. The smallest absolute Gasteiger partial charge is 0.147 e. The number of nitrogens with one attached hydrogen (secondary N) is 1. The highest BCUT2D eigenvalue weighted by Crippen LogP contribution is 2.36. The molecule has 0 radical (unpaired) electrons. The lowest BCUT2D eigenvalue weighted by Crippen LogP contribution is -2.44. The zero-order valence-electron chi connectivity index (χ0n) is 11.8. The van der Waals surface area contributed by atoms with E-state index in [-0.39, 0.29) is 17.9 Å². The molecule has 1 aliphatic rings. The lowest BCUT2D eigenvalue weighted by molar-refractivity contribution is 0.0184. The highest BCUT2D eigenvalue weighted by atomic mass is 32.2. The molecule has 1 saturated carbocycles. The monoisotopic (exact) mass is 277 g/mol. The summed E-state index contributed by atoms with van der Waals surface area (Å²) >= 11 is 0. The van der Waals surface area contributed by atoms with Gasteiger partial charge in [-0.3, -0.25) is 0 Å². The van der Waals surface area contributed by atoms with Gasteiger partial charge >= 0.3 is 0 Å². The van der Waals surface area contributed by atoms with Crippen molar-refractivity contribution in [1.29, 1.82) is 0 Å². The molecule has 18 heavy (non-hydrogen) atoms. The molecule has 1 N–H and O–H groups in total. The van der Waals surface area contributed by atoms with Crippen LogP contribution in [0.4, 0.5) is 0 Å². The van der Waals surface area contributed by atoms with Crippen molar-refractivity contribution in [3.05, 3.63) is 0 Å². The molecule has 0 aliphatic heterocycles. The van der Waals surface area contributed by atoms with E-state index in [9.17, 15) is 8.42 Å². The fourth-order valence-electron chi connectivity index (χ4n) is 2.25. The van der Waals surface area contributed by atoms with Gasteiger partial charge in [-0.15, -0.1) is 0 Å². The molecule has 2 unspecified atom stereocenters. The van der Waals surface area contributed by atoms with Crippen LogP contribution in [0.2, 0.25) is 0 Å². The Hall–Kier alpha value is -0.130. The van der Waals surface area contributed by atoms with Crippen molar-refractivity contribution in [3.63, 3.8) is 0 Å². The van der Waals surface area contributed by atoms with Gasteiger partial charge in [-0.05, 0) is 45.1 Å². The zero-order chi connectivity index (χ0) is 13.6. The van der Waals surface area contributed by atoms with Crippen LogP contribution in [-0.4, -0.2) is 45.7 Å². The van der Waals surface area contributed by atoms with Crippen LogP contribution in [0.15, 0.2) is 0 Å². The van der Waals surface area contributed by atoms with E-state index in [2.05, 4.69) is 12.2 Å². The fraction of sp³-hybridized carbons (Fsp3) is 1.00. The summed E-state index contributed by atoms with van der Waals surface area (Å²) in [6, 6.07) is 0.173. The number of rotatable bonds is 10. The summed E-state index contributed by atoms with van der Waals surface area (Å²) in [6.07, 6.45) is 5.63. The van der Waals surface area contributed by atoms with Gasteiger partial charge in [-0.1, -0.05) is 6.92 Å². The van der Waals surface area contributed by atoms with Gasteiger partial charge < -0.3 is 10.1 Å². The van der Waals surface area contributed by atoms with Gasteiger partial charge in [0.25, 0.3) is 0 Å². The fourth-order valence-corrected chi connectivity index (χ4v) is 2.93. The average molecular weight is 277 g/mol. The van der Waals surface area contributed by atoms with E-state index >= 15 is 0 Å². The third-order valence-corrected chi connectivity index (χ3v) is 4.28. The van der Waals surface area contributed by atoms with Crippen molar-refractivity contribution in [2.24, 2.45) is 5.92 Å². The van der Waals surface area contributed by atoms with E-state index in [0.29, 0.717) is 18.9 Å². The first kappa shape index (κ1) is 15.9. The Morgan fingerprint density at radius 3 is 2.44 bits per heavy atom. The minimum Gasteiger partial charge on any atom is -0.377 e. The molecule has 0 spiro atoms. The summed E-state index contributed by atoms with van der Waals surface area (Å²) in [5.74, 6) is 0.865. The van der Waals surface area contributed by atoms with E-state index in [1.807, 2.05) is 6.92 Å². The van der Waals surface area contributed by atoms with Crippen LogP contribution < -0.4 is 5.32 Å². The van der Waals surface area contributed by atoms with Gasteiger partial charge in [-0.2, -0.15) is 0 Å². The molecular formula is C13H27NO3S. The maximum Gasteiger partial charge on any atom is 0.147 e. The molecular weight excluding hydrogens is 250 g/mol. The first-order chi connectivity index (χ1) is 8.48. The maximum absolute atomic E-state index is 11.3. The van der Waals surface area contributed by atoms with Crippen molar-refractivity contribution in [2.75, 3.05) is 25.2 Å². The van der Waals surface area contributed by atoms with E-state index in [0.717, 1.165) is 13.0 Å². The zero-order valence-corrected chi connectivity index (χ0v) is 12.6. The predicted molar refractivity (Wildman–Crippen MR) is 74.5 cm³/mol. The summed E-state index contributed by atoms with van der Waals surface area (Å²) in [5, 5.41) is 3.46. The van der Waals surface area contributed by atoms with Gasteiger partial charge in [-0.25, -0.2) is 8.42 Å². The van der Waals surface area contributed by atoms with Gasteiger partial charge in [0.1, 0.15) is 9.84 Å². The Labute approximate surface area is 111 Å². The molecule has 0 aromatic carbocycles. The summed E-state index contributed by atoms with van der Waals surface area (Å²) in [4.78, 5) is 0. The van der Waals surface area contributed by atoms with Crippen LogP contribution in [0.5, 0.6) is 0 Å². The van der Waals surface area contributed by atoms with Gasteiger partial charge in [0.2, 0.25) is 0 Å². The van der Waals surface area contributed by atoms with Gasteiger partial charge in [0.15, 0.2) is 0 Å². The Morgan fingerprint density at radius 1 is 1.33 bits per heavy atom. The average Bonchev–Trinajstić information content (AvgIpc) is 3.09. The van der Waals surface area contributed by atoms with Crippen molar-refractivity contribution in [3.8, 4) is 0 Å². The Kier molecular flexibility index (Phi) is 6.60. The molecule has 0 bridgehead atoms. The van der Waals surface area contributed by atoms with Gasteiger partial charge in [0.05, 0.1) is 11.9 Å². The second kappa shape index (κ2) is 7.46. The normalized spacial score (nSPS) is 19.7. The molecule has 5 heteroatoms. The van der Waals surface area contributed by atoms with E-state index in [4.69, 9.17) is 4.74 Å². The van der Waals surface area contributed by atoms with Crippen LogP contribution in [0.25, 0.3) is 0 Å². The van der Waals surface area contributed by atoms with Crippen molar-refractivity contribution in [2.45, 2.75) is 51.7 Å². The third kappa shape index (κ3) is 6.16. The van der Waals surface area contributed by atoms with Crippen LogP contribution in [0, 0.1) is 5.92 Å². The summed E-state index contributed by atoms with van der Waals surface area (Å²) < 4.78 is 28.4. The van der Waals surface area contributed by atoms with Crippen LogP contribution >= 0.6 is 0 Å². The maximum atomic E-state index is 11.3. The van der Waals surface area contributed by atoms with Crippen LogP contribution in [0.3, 0.4) is 0 Å². The standard InChI is InChI=1S/C13H27NO3S/c1-4-9-14-12(8-10-18(3,15)16)13(17-5-2)11-6-7-11/h11-14H,4-10H2,1-3H3. The van der Waals surface area contributed by atoms with Crippen molar-refractivity contribution < 1.29 is 13.2 Å². The molecule has 0 saturated heterocycles. The summed E-state index contributed by atoms with van der Waals surface area (Å²) in [5.41, 5.74) is 0. The molecule has 1 aliphatic carbocycles. The molecule has 0 amide bonds. The number of sulfone groups is 1. The first-order valence-corrected chi connectivity index (χ1v) is 9.06. The van der Waals surface area contributed by atoms with E-state index in [1.165, 1.54) is 19.1 Å². The minimum atomic E-state index is -2.89. The second-order valence-corrected chi connectivity index (χ2v) is 7.50. The molecule has 0 aromatic heterocycles. The van der Waals surface area contributed by atoms with Crippen molar-refractivity contribution >= 4 is 9.84 Å². The highest BCUT2D eigenvalue weighted by molar-refractivity contribution is 7.90. The number of ether oxygens (including phenoxy) is 1. The lowest BCUT2D eigenvalue weighted by atomic mass is 10.0. The quantitative estimate of drug-likeness (QED) is 0.659. The molecule has 0 heterocycles. The van der Waals surface area contributed by atoms with E-state index < -0.39 is 9.84 Å². The van der Waals surface area contributed by atoms with Gasteiger partial charge in [0, 0.05) is 18.9 Å². The van der Waals surface area contributed by atoms with Crippen LogP contribution in [0.1, 0.15) is 39.5 Å². The third-order valence-electron chi connectivity index (χ3n) is 3.30. The molecule has 108 valence electrons. The lowest BCUT2D eigenvalue weighted by Gasteiger charge is -2.28. The highest BCUT2D eigenvalue weighted by Gasteiger charge is 2.37. The Morgan fingerprint density at radius 2 is 2.00 bits per heavy atom. The number of hydrogen-bond acceptors (Lipinski definition) is 4. The largest absolute Gasteiger partial charge is 0.377 e. The number of hydrogen-bond donors (Lipinski definition) is 1. The Bertz CT molecular complexity index is 325. The molecule has 0 aromatic rings. The summed E-state index contributed by atoms with van der Waals surface area (Å²) in [7, 11) is -2.89. The van der Waals surface area contributed by atoms with E-state index in [1.54, 1.807) is 0 Å². The topological polar surface area (TPSA) is 55.4 Å². The minimum absolute atomic E-state index is 0.173.